The van der Waals surface area contributed by atoms with E-state index in [-0.39, 0.29) is 11.9 Å². The summed E-state index contributed by atoms with van der Waals surface area (Å²) in [6.45, 7) is 0.430. The maximum absolute atomic E-state index is 12.1. The maximum Gasteiger partial charge on any atom is 0.267 e. The van der Waals surface area contributed by atoms with Crippen molar-refractivity contribution in [1.29, 1.82) is 0 Å². The number of hydrogen-bond acceptors (Lipinski definition) is 3. The van der Waals surface area contributed by atoms with Crippen LogP contribution in [0.15, 0.2) is 30.3 Å². The van der Waals surface area contributed by atoms with Gasteiger partial charge in [0, 0.05) is 13.0 Å². The standard InChI is InChI=1S/C15H16N2O3/c1-3-4-10-17-13(11-16(2)19)14(15(17)18)20-12-8-6-5-7-9-12/h1,5-9,11,13-14H,4,10H2,2H3/b16-11+/t13-,14+/m0/s1. The van der Waals surface area contributed by atoms with E-state index in [1.807, 2.05) is 18.2 Å². The smallest absolute Gasteiger partial charge is 0.267 e. The van der Waals surface area contributed by atoms with Crippen LogP contribution in [-0.2, 0) is 4.79 Å². The first kappa shape index (κ1) is 13.9. The van der Waals surface area contributed by atoms with Crippen molar-refractivity contribution in [1.82, 2.24) is 4.90 Å². The zero-order chi connectivity index (χ0) is 14.5. The van der Waals surface area contributed by atoms with Crippen LogP contribution in [0.3, 0.4) is 0 Å². The highest BCUT2D eigenvalue weighted by atomic mass is 16.5. The first-order valence-electron chi connectivity index (χ1n) is 6.34. The fraction of sp³-hybridized carbons (Fsp3) is 0.333. The number of para-hydroxylation sites is 1. The summed E-state index contributed by atoms with van der Waals surface area (Å²) in [7, 11) is 1.38. The second-order valence-electron chi connectivity index (χ2n) is 4.52. The molecular formula is C15H16N2O3. The van der Waals surface area contributed by atoms with E-state index in [2.05, 4.69) is 5.92 Å². The molecule has 0 bridgehead atoms. The molecule has 0 aliphatic carbocycles. The van der Waals surface area contributed by atoms with Crippen LogP contribution < -0.4 is 4.74 Å². The van der Waals surface area contributed by atoms with Crippen molar-refractivity contribution in [3.05, 3.63) is 35.5 Å². The Kier molecular flexibility index (Phi) is 4.26. The minimum absolute atomic E-state index is 0.146. The second kappa shape index (κ2) is 6.11. The van der Waals surface area contributed by atoms with E-state index in [1.54, 1.807) is 17.0 Å². The molecule has 1 aliphatic heterocycles. The maximum atomic E-state index is 12.1. The lowest BCUT2D eigenvalue weighted by Crippen LogP contribution is -2.68. The molecule has 2 atom stereocenters. The van der Waals surface area contributed by atoms with Crippen LogP contribution in [0, 0.1) is 17.6 Å². The zero-order valence-electron chi connectivity index (χ0n) is 11.2. The first-order chi connectivity index (χ1) is 9.63. The summed E-state index contributed by atoms with van der Waals surface area (Å²) in [5.41, 5.74) is 0. The van der Waals surface area contributed by atoms with Gasteiger partial charge in [-0.2, -0.15) is 0 Å². The summed E-state index contributed by atoms with van der Waals surface area (Å²) in [5.74, 6) is 2.95. The largest absolute Gasteiger partial charge is 0.624 e. The Labute approximate surface area is 118 Å². The van der Waals surface area contributed by atoms with Crippen molar-refractivity contribution < 1.29 is 14.3 Å². The van der Waals surface area contributed by atoms with Crippen LogP contribution in [0.2, 0.25) is 0 Å². The van der Waals surface area contributed by atoms with Gasteiger partial charge < -0.3 is 14.8 Å². The Morgan fingerprint density at radius 2 is 2.20 bits per heavy atom. The number of carbonyl (C=O) groups excluding carboxylic acids is 1. The summed E-state index contributed by atoms with van der Waals surface area (Å²) >= 11 is 0. The van der Waals surface area contributed by atoms with Gasteiger partial charge in [-0.1, -0.05) is 18.2 Å². The molecule has 20 heavy (non-hydrogen) atoms. The van der Waals surface area contributed by atoms with Crippen LogP contribution in [0.4, 0.5) is 0 Å². The fourth-order valence-corrected chi connectivity index (χ4v) is 2.12. The molecular weight excluding hydrogens is 256 g/mol. The summed E-state index contributed by atoms with van der Waals surface area (Å²) in [6, 6.07) is 8.69. The lowest BCUT2D eigenvalue weighted by Gasteiger charge is -2.43. The van der Waals surface area contributed by atoms with Crippen molar-refractivity contribution in [2.45, 2.75) is 18.6 Å². The number of nitrogens with zero attached hydrogens (tertiary/aromatic N) is 2. The van der Waals surface area contributed by atoms with Crippen LogP contribution in [-0.4, -0.2) is 47.5 Å². The van der Waals surface area contributed by atoms with Gasteiger partial charge in [0.15, 0.2) is 12.3 Å². The Morgan fingerprint density at radius 3 is 2.80 bits per heavy atom. The number of amides is 1. The van der Waals surface area contributed by atoms with Gasteiger partial charge in [0.1, 0.15) is 12.8 Å². The van der Waals surface area contributed by atoms with Crippen molar-refractivity contribution >= 4 is 12.1 Å². The average molecular weight is 272 g/mol. The van der Waals surface area contributed by atoms with E-state index in [0.717, 1.165) is 0 Å². The van der Waals surface area contributed by atoms with Crippen molar-refractivity contribution in [3.63, 3.8) is 0 Å². The monoisotopic (exact) mass is 272 g/mol. The molecule has 1 amide bonds. The Balaban J connectivity index is 2.10. The van der Waals surface area contributed by atoms with Gasteiger partial charge in [0.2, 0.25) is 6.10 Å². The molecule has 1 aliphatic rings. The van der Waals surface area contributed by atoms with Crippen LogP contribution in [0.1, 0.15) is 6.42 Å². The number of terminal acetylenes is 1. The van der Waals surface area contributed by atoms with Crippen molar-refractivity contribution in [3.8, 4) is 18.1 Å². The lowest BCUT2D eigenvalue weighted by atomic mass is 9.98. The predicted molar refractivity (Wildman–Crippen MR) is 75.4 cm³/mol. The molecule has 1 aromatic carbocycles. The van der Waals surface area contributed by atoms with E-state index in [9.17, 15) is 10.0 Å². The summed E-state index contributed by atoms with van der Waals surface area (Å²) in [6.07, 6.45) is 6.42. The molecule has 0 saturated carbocycles. The molecule has 1 heterocycles. The predicted octanol–water partition coefficient (Wildman–Crippen LogP) is 0.879. The van der Waals surface area contributed by atoms with Gasteiger partial charge in [-0.05, 0) is 12.1 Å². The molecule has 5 heteroatoms. The van der Waals surface area contributed by atoms with Crippen molar-refractivity contribution in [2.24, 2.45) is 0 Å². The summed E-state index contributed by atoms with van der Waals surface area (Å²) < 4.78 is 6.33. The third-order valence-electron chi connectivity index (χ3n) is 3.06. The minimum Gasteiger partial charge on any atom is -0.624 e. The third-order valence-corrected chi connectivity index (χ3v) is 3.06. The quantitative estimate of drug-likeness (QED) is 0.200. The van der Waals surface area contributed by atoms with Gasteiger partial charge in [-0.15, -0.1) is 12.3 Å². The molecule has 104 valence electrons. The fourth-order valence-electron chi connectivity index (χ4n) is 2.12. The van der Waals surface area contributed by atoms with Crippen LogP contribution in [0.5, 0.6) is 5.75 Å². The lowest BCUT2D eigenvalue weighted by molar-refractivity contribution is -0.420. The number of rotatable bonds is 5. The highest BCUT2D eigenvalue weighted by molar-refractivity contribution is 5.95. The third kappa shape index (κ3) is 2.91. The Hall–Kier alpha value is -2.48. The molecule has 5 nitrogen and oxygen atoms in total. The molecule has 0 radical (unpaired) electrons. The summed E-state index contributed by atoms with van der Waals surface area (Å²) in [5, 5.41) is 11.2. The topological polar surface area (TPSA) is 55.6 Å². The molecule has 1 fully saturated rings. The normalized spacial score (nSPS) is 22.1. The number of hydrogen-bond donors (Lipinski definition) is 0. The number of benzene rings is 1. The number of β-lactam (4-membered cyclic amide) rings is 1. The highest BCUT2D eigenvalue weighted by Crippen LogP contribution is 2.24. The van der Waals surface area contributed by atoms with Crippen LogP contribution in [0.25, 0.3) is 0 Å². The van der Waals surface area contributed by atoms with Gasteiger partial charge in [-0.3, -0.25) is 4.79 Å². The molecule has 1 saturated heterocycles. The highest BCUT2D eigenvalue weighted by Gasteiger charge is 2.50. The van der Waals surface area contributed by atoms with E-state index < -0.39 is 6.10 Å². The molecule has 0 aromatic heterocycles. The number of ether oxygens (including phenoxy) is 1. The zero-order valence-corrected chi connectivity index (χ0v) is 11.2. The Bertz CT molecular complexity index is 544. The number of likely N-dealkylation sites (tertiary alicyclic amines) is 1. The van der Waals surface area contributed by atoms with Gasteiger partial charge >= 0.3 is 0 Å². The van der Waals surface area contributed by atoms with Crippen LogP contribution >= 0.6 is 0 Å². The average Bonchev–Trinajstić information content (AvgIpc) is 2.45. The summed E-state index contributed by atoms with van der Waals surface area (Å²) in [4.78, 5) is 13.6. The molecule has 2 rings (SSSR count). The number of carbonyl (C=O) groups is 1. The molecule has 1 aromatic rings. The van der Waals surface area contributed by atoms with E-state index in [0.29, 0.717) is 23.5 Å². The first-order valence-corrected chi connectivity index (χ1v) is 6.34. The van der Waals surface area contributed by atoms with E-state index in [4.69, 9.17) is 11.2 Å². The van der Waals surface area contributed by atoms with Gasteiger partial charge in [0.25, 0.3) is 5.91 Å². The minimum atomic E-state index is -0.661. The molecule has 0 N–H and O–H groups in total. The molecule has 0 unspecified atom stereocenters. The Morgan fingerprint density at radius 1 is 1.50 bits per heavy atom. The van der Waals surface area contributed by atoms with Crippen molar-refractivity contribution in [2.75, 3.05) is 13.6 Å². The molecule has 0 spiro atoms. The van der Waals surface area contributed by atoms with E-state index in [1.165, 1.54) is 13.3 Å². The van der Waals surface area contributed by atoms with E-state index >= 15 is 0 Å². The van der Waals surface area contributed by atoms with Gasteiger partial charge in [0.05, 0.1) is 0 Å². The SMILES string of the molecule is C#CCCN1C(=O)[C@H](Oc2ccccc2)[C@@H]1/C=[N+](\C)[O-]. The van der Waals surface area contributed by atoms with Gasteiger partial charge in [-0.25, -0.2) is 4.74 Å². The number of hydroxylamine groups is 1. The second-order valence-corrected chi connectivity index (χ2v) is 4.52.